The summed E-state index contributed by atoms with van der Waals surface area (Å²) in [6, 6.07) is 15.1. The maximum Gasteiger partial charge on any atom is 0.270 e. The van der Waals surface area contributed by atoms with Crippen LogP contribution in [0.1, 0.15) is 21.9 Å². The largest absolute Gasteiger partial charge is 0.496 e. The summed E-state index contributed by atoms with van der Waals surface area (Å²) in [6.07, 6.45) is 0. The fourth-order valence-corrected chi connectivity index (χ4v) is 2.47. The molecular weight excluding hydrogens is 290 g/mol. The summed E-state index contributed by atoms with van der Waals surface area (Å²) in [7, 11) is 1.61. The van der Waals surface area contributed by atoms with Crippen molar-refractivity contribution in [3.8, 4) is 5.75 Å². The van der Waals surface area contributed by atoms with Gasteiger partial charge in [-0.3, -0.25) is 4.79 Å². The quantitative estimate of drug-likeness (QED) is 0.805. The molecule has 0 unspecified atom stereocenters. The maximum absolute atomic E-state index is 12.5. The van der Waals surface area contributed by atoms with Gasteiger partial charge in [-0.05, 0) is 19.1 Å². The molecule has 5 nitrogen and oxygen atoms in total. The van der Waals surface area contributed by atoms with Crippen molar-refractivity contribution in [3.63, 3.8) is 0 Å². The van der Waals surface area contributed by atoms with Crippen LogP contribution in [-0.4, -0.2) is 23.0 Å². The molecule has 1 amide bonds. The standard InChI is InChI=1S/C18H17N3O2/c1-12-20-15-9-5-4-8-14(15)17(21-12)18(22)19-11-13-7-3-6-10-16(13)23-2/h3-10H,11H2,1-2H3,(H,19,22). The number of carbonyl (C=O) groups excluding carboxylic acids is 1. The predicted molar refractivity (Wildman–Crippen MR) is 88.4 cm³/mol. The van der Waals surface area contributed by atoms with Gasteiger partial charge in [0.1, 0.15) is 17.3 Å². The van der Waals surface area contributed by atoms with Gasteiger partial charge in [0.25, 0.3) is 5.91 Å². The van der Waals surface area contributed by atoms with Gasteiger partial charge in [0.05, 0.1) is 12.6 Å². The van der Waals surface area contributed by atoms with Gasteiger partial charge in [-0.15, -0.1) is 0 Å². The molecule has 1 heterocycles. The van der Waals surface area contributed by atoms with E-state index >= 15 is 0 Å². The third-order valence-corrected chi connectivity index (χ3v) is 3.56. The molecule has 0 fully saturated rings. The van der Waals surface area contributed by atoms with Gasteiger partial charge in [0.2, 0.25) is 0 Å². The Morgan fingerprint density at radius 3 is 2.65 bits per heavy atom. The number of carbonyl (C=O) groups is 1. The summed E-state index contributed by atoms with van der Waals surface area (Å²) < 4.78 is 5.30. The van der Waals surface area contributed by atoms with Gasteiger partial charge in [-0.25, -0.2) is 9.97 Å². The first-order valence-corrected chi connectivity index (χ1v) is 7.32. The number of ether oxygens (including phenoxy) is 1. The van der Waals surface area contributed by atoms with E-state index in [0.717, 1.165) is 22.2 Å². The Kier molecular flexibility index (Phi) is 4.19. The minimum atomic E-state index is -0.224. The van der Waals surface area contributed by atoms with Gasteiger partial charge in [0, 0.05) is 17.5 Å². The number of hydrogen-bond donors (Lipinski definition) is 1. The van der Waals surface area contributed by atoms with Gasteiger partial charge in [0.15, 0.2) is 0 Å². The second kappa shape index (κ2) is 6.44. The minimum Gasteiger partial charge on any atom is -0.496 e. The van der Waals surface area contributed by atoms with Crippen molar-refractivity contribution in [2.75, 3.05) is 7.11 Å². The molecule has 0 aliphatic heterocycles. The van der Waals surface area contributed by atoms with E-state index in [0.29, 0.717) is 18.1 Å². The molecule has 0 aliphatic carbocycles. The summed E-state index contributed by atoms with van der Waals surface area (Å²) in [5.41, 5.74) is 2.07. The number of methoxy groups -OCH3 is 1. The third-order valence-electron chi connectivity index (χ3n) is 3.56. The van der Waals surface area contributed by atoms with E-state index in [1.165, 1.54) is 0 Å². The Hall–Kier alpha value is -2.95. The fraction of sp³-hybridized carbons (Fsp3) is 0.167. The summed E-state index contributed by atoms with van der Waals surface area (Å²) >= 11 is 0. The number of rotatable bonds is 4. The van der Waals surface area contributed by atoms with E-state index in [4.69, 9.17) is 4.74 Å². The summed E-state index contributed by atoms with van der Waals surface area (Å²) in [6.45, 7) is 2.16. The minimum absolute atomic E-state index is 0.224. The first kappa shape index (κ1) is 15.0. The van der Waals surface area contributed by atoms with E-state index in [9.17, 15) is 4.79 Å². The first-order valence-electron chi connectivity index (χ1n) is 7.32. The van der Waals surface area contributed by atoms with Crippen LogP contribution in [-0.2, 0) is 6.54 Å². The second-order valence-electron chi connectivity index (χ2n) is 5.13. The van der Waals surface area contributed by atoms with Crippen LogP contribution in [0.4, 0.5) is 0 Å². The highest BCUT2D eigenvalue weighted by molar-refractivity contribution is 6.04. The van der Waals surface area contributed by atoms with Crippen LogP contribution < -0.4 is 10.1 Å². The van der Waals surface area contributed by atoms with Crippen LogP contribution in [0.3, 0.4) is 0 Å². The molecule has 0 radical (unpaired) electrons. The SMILES string of the molecule is COc1ccccc1CNC(=O)c1nc(C)nc2ccccc12. The summed E-state index contributed by atoms with van der Waals surface area (Å²) in [5, 5.41) is 3.65. The molecule has 116 valence electrons. The number of benzene rings is 2. The zero-order chi connectivity index (χ0) is 16.2. The first-order chi connectivity index (χ1) is 11.2. The van der Waals surface area contributed by atoms with Crippen LogP contribution in [0, 0.1) is 6.92 Å². The number of amides is 1. The molecule has 2 aromatic carbocycles. The van der Waals surface area contributed by atoms with Crippen molar-refractivity contribution in [2.24, 2.45) is 0 Å². The van der Waals surface area contributed by atoms with Crippen molar-refractivity contribution in [1.82, 2.24) is 15.3 Å². The van der Waals surface area contributed by atoms with Crippen molar-refractivity contribution in [3.05, 3.63) is 65.6 Å². The molecule has 0 spiro atoms. The van der Waals surface area contributed by atoms with Gasteiger partial charge in [-0.1, -0.05) is 36.4 Å². The number of hydrogen-bond acceptors (Lipinski definition) is 4. The highest BCUT2D eigenvalue weighted by Crippen LogP contribution is 2.18. The van der Waals surface area contributed by atoms with E-state index in [1.807, 2.05) is 48.5 Å². The number of fused-ring (bicyclic) bond motifs is 1. The van der Waals surface area contributed by atoms with E-state index in [-0.39, 0.29) is 5.91 Å². The van der Waals surface area contributed by atoms with Crippen LogP contribution in [0.5, 0.6) is 5.75 Å². The molecule has 0 saturated heterocycles. The van der Waals surface area contributed by atoms with Gasteiger partial charge in [-0.2, -0.15) is 0 Å². The van der Waals surface area contributed by atoms with Gasteiger partial charge < -0.3 is 10.1 Å². The molecule has 0 bridgehead atoms. The molecule has 5 heteroatoms. The van der Waals surface area contributed by atoms with Crippen LogP contribution in [0.25, 0.3) is 10.9 Å². The number of aryl methyl sites for hydroxylation is 1. The van der Waals surface area contributed by atoms with Crippen LogP contribution in [0.15, 0.2) is 48.5 Å². The summed E-state index contributed by atoms with van der Waals surface area (Å²) in [5.74, 6) is 1.10. The normalized spacial score (nSPS) is 10.5. The molecule has 3 aromatic rings. The van der Waals surface area contributed by atoms with E-state index in [1.54, 1.807) is 14.0 Å². The van der Waals surface area contributed by atoms with E-state index in [2.05, 4.69) is 15.3 Å². The monoisotopic (exact) mass is 307 g/mol. The molecule has 1 aromatic heterocycles. The van der Waals surface area contributed by atoms with Crippen molar-refractivity contribution < 1.29 is 9.53 Å². The Bertz CT molecular complexity index is 862. The predicted octanol–water partition coefficient (Wildman–Crippen LogP) is 2.88. The average Bonchev–Trinajstić information content (AvgIpc) is 2.59. The lowest BCUT2D eigenvalue weighted by atomic mass is 10.1. The molecule has 0 aliphatic rings. The number of para-hydroxylation sites is 2. The molecular formula is C18H17N3O2. The smallest absolute Gasteiger partial charge is 0.270 e. The Morgan fingerprint density at radius 1 is 1.09 bits per heavy atom. The lowest BCUT2D eigenvalue weighted by Crippen LogP contribution is -2.24. The van der Waals surface area contributed by atoms with Crippen LogP contribution >= 0.6 is 0 Å². The highest BCUT2D eigenvalue weighted by atomic mass is 16.5. The van der Waals surface area contributed by atoms with Crippen molar-refractivity contribution in [2.45, 2.75) is 13.5 Å². The topological polar surface area (TPSA) is 64.1 Å². The Balaban J connectivity index is 1.87. The second-order valence-corrected chi connectivity index (χ2v) is 5.13. The van der Waals surface area contributed by atoms with Crippen molar-refractivity contribution >= 4 is 16.8 Å². The van der Waals surface area contributed by atoms with Gasteiger partial charge >= 0.3 is 0 Å². The zero-order valence-corrected chi connectivity index (χ0v) is 13.0. The average molecular weight is 307 g/mol. The number of aromatic nitrogens is 2. The maximum atomic E-state index is 12.5. The highest BCUT2D eigenvalue weighted by Gasteiger charge is 2.14. The molecule has 1 N–H and O–H groups in total. The van der Waals surface area contributed by atoms with Crippen LogP contribution in [0.2, 0.25) is 0 Å². The molecule has 0 atom stereocenters. The fourth-order valence-electron chi connectivity index (χ4n) is 2.47. The molecule has 23 heavy (non-hydrogen) atoms. The number of nitrogens with zero attached hydrogens (tertiary/aromatic N) is 2. The Labute approximate surface area is 134 Å². The zero-order valence-electron chi connectivity index (χ0n) is 13.0. The molecule has 3 rings (SSSR count). The third kappa shape index (κ3) is 3.13. The number of nitrogens with one attached hydrogen (secondary N) is 1. The Morgan fingerprint density at radius 2 is 1.83 bits per heavy atom. The lowest BCUT2D eigenvalue weighted by Gasteiger charge is -2.10. The van der Waals surface area contributed by atoms with E-state index < -0.39 is 0 Å². The molecule has 0 saturated carbocycles. The summed E-state index contributed by atoms with van der Waals surface area (Å²) in [4.78, 5) is 21.2. The van der Waals surface area contributed by atoms with Crippen molar-refractivity contribution in [1.29, 1.82) is 0 Å². The lowest BCUT2D eigenvalue weighted by molar-refractivity contribution is 0.0947.